The maximum Gasteiger partial charge on any atom is 0.211 e. The molecule has 32 heavy (non-hydrogen) atoms. The number of ether oxygens (including phenoxy) is 1. The predicted octanol–water partition coefficient (Wildman–Crippen LogP) is 3.70. The highest BCUT2D eigenvalue weighted by Gasteiger charge is 2.37. The van der Waals surface area contributed by atoms with Gasteiger partial charge in [-0.05, 0) is 49.7 Å². The van der Waals surface area contributed by atoms with Gasteiger partial charge in [-0.25, -0.2) is 4.39 Å². The third-order valence-corrected chi connectivity index (χ3v) is 4.52. The highest BCUT2D eigenvalue weighted by molar-refractivity contribution is 5.80. The van der Waals surface area contributed by atoms with Gasteiger partial charge in [-0.1, -0.05) is 6.92 Å². The molecule has 3 N–H and O–H groups in total. The van der Waals surface area contributed by atoms with Gasteiger partial charge in [-0.15, -0.1) is 12.8 Å². The molecular weight excluding hydrogens is 409 g/mol. The number of hydrogen-bond acceptors (Lipinski definition) is 5. The Kier molecular flexibility index (Phi) is 14.1. The van der Waals surface area contributed by atoms with E-state index >= 15 is 0 Å². The number of aromatic nitrogens is 1. The van der Waals surface area contributed by atoms with Crippen LogP contribution in [0.3, 0.4) is 0 Å². The summed E-state index contributed by atoms with van der Waals surface area (Å²) in [6.07, 6.45) is 12.1. The lowest BCUT2D eigenvalue weighted by atomic mass is 9.79. The van der Waals surface area contributed by atoms with Crippen molar-refractivity contribution in [1.29, 1.82) is 5.26 Å². The Labute approximate surface area is 189 Å². The standard InChI is InChI=1S/C8H16N2O.C7H6FNO.C7H6N2.C2H2/c1-3-8(5-11-6-8)4-7(9)10-2;8-6-1-3-7(4-2-6)9-5-10;1-6-2-3-7(4-8)5-9-6;1-2/h3-6H2,1-2H3,(H2,9,10);1-5H,(H,9,10);2-3,5H,1H3;1-2H. The first-order valence-electron chi connectivity index (χ1n) is 9.78. The highest BCUT2D eigenvalue weighted by atomic mass is 19.1. The number of carbonyl (C=O) groups excluding carboxylic acids is 1. The number of aliphatic imine (C=N–C) groups is 1. The van der Waals surface area contributed by atoms with Gasteiger partial charge in [0.1, 0.15) is 11.9 Å². The number of pyridine rings is 1. The lowest BCUT2D eigenvalue weighted by molar-refractivity contribution is -0.110. The fraction of sp³-hybridized carbons (Fsp3) is 0.333. The second kappa shape index (κ2) is 16.0. The molecule has 3 rings (SSSR count). The molecule has 2 heterocycles. The molecule has 1 amide bonds. The Bertz CT molecular complexity index is 878. The van der Waals surface area contributed by atoms with Gasteiger partial charge in [0.2, 0.25) is 6.41 Å². The fourth-order valence-electron chi connectivity index (χ4n) is 2.43. The zero-order valence-electron chi connectivity index (χ0n) is 18.7. The molecule has 2 aromatic rings. The van der Waals surface area contributed by atoms with E-state index in [-0.39, 0.29) is 5.82 Å². The number of terminal acetylenes is 1. The van der Waals surface area contributed by atoms with E-state index in [0.717, 1.165) is 37.6 Å². The summed E-state index contributed by atoms with van der Waals surface area (Å²) in [5, 5.41) is 10.7. The first kappa shape index (κ1) is 28.2. The summed E-state index contributed by atoms with van der Waals surface area (Å²) < 4.78 is 17.4. The number of rotatable bonds is 5. The number of hydrogen-bond donors (Lipinski definition) is 2. The minimum atomic E-state index is -0.309. The Morgan fingerprint density at radius 2 is 1.97 bits per heavy atom. The largest absolute Gasteiger partial charge is 0.387 e. The average Bonchev–Trinajstić information content (AvgIpc) is 2.80. The van der Waals surface area contributed by atoms with Crippen LogP contribution in [0, 0.1) is 42.3 Å². The predicted molar refractivity (Wildman–Crippen MR) is 125 cm³/mol. The first-order valence-corrected chi connectivity index (χ1v) is 9.78. The average molecular weight is 440 g/mol. The Balaban J connectivity index is 0.000000435. The Hall–Kier alpha value is -3.75. The van der Waals surface area contributed by atoms with E-state index in [2.05, 4.69) is 35.1 Å². The number of aryl methyl sites for hydroxylation is 1. The van der Waals surface area contributed by atoms with Gasteiger partial charge in [-0.3, -0.25) is 14.8 Å². The number of carbonyl (C=O) groups is 1. The zero-order chi connectivity index (χ0) is 24.4. The van der Waals surface area contributed by atoms with Crippen molar-refractivity contribution in [2.75, 3.05) is 25.6 Å². The van der Waals surface area contributed by atoms with Gasteiger partial charge in [0.25, 0.3) is 0 Å². The summed E-state index contributed by atoms with van der Waals surface area (Å²) in [4.78, 5) is 17.7. The summed E-state index contributed by atoms with van der Waals surface area (Å²) in [5.41, 5.74) is 8.09. The van der Waals surface area contributed by atoms with E-state index in [9.17, 15) is 9.18 Å². The Morgan fingerprint density at radius 3 is 2.34 bits per heavy atom. The van der Waals surface area contributed by atoms with E-state index < -0.39 is 0 Å². The third kappa shape index (κ3) is 10.9. The van der Waals surface area contributed by atoms with Crippen molar-refractivity contribution < 1.29 is 13.9 Å². The number of nitrogens with two attached hydrogens (primary N) is 1. The number of amidine groups is 1. The maximum absolute atomic E-state index is 12.2. The molecule has 0 spiro atoms. The summed E-state index contributed by atoms with van der Waals surface area (Å²) in [6, 6.07) is 11.1. The number of anilines is 1. The number of halogens is 1. The van der Waals surface area contributed by atoms with Crippen LogP contribution in [0.15, 0.2) is 47.6 Å². The lowest BCUT2D eigenvalue weighted by Gasteiger charge is -2.40. The van der Waals surface area contributed by atoms with Gasteiger partial charge in [0.15, 0.2) is 0 Å². The molecule has 0 saturated carbocycles. The molecule has 0 radical (unpaired) electrons. The molecule has 1 aromatic heterocycles. The molecule has 1 aliphatic rings. The van der Waals surface area contributed by atoms with Crippen LogP contribution in [0.1, 0.15) is 31.0 Å². The van der Waals surface area contributed by atoms with Crippen molar-refractivity contribution in [1.82, 2.24) is 4.98 Å². The first-order chi connectivity index (χ1) is 15.4. The summed E-state index contributed by atoms with van der Waals surface area (Å²) in [5.74, 6) is 0.437. The number of nitrogens with zero attached hydrogens (tertiary/aromatic N) is 3. The molecule has 1 aliphatic heterocycles. The second-order valence-corrected chi connectivity index (χ2v) is 6.81. The molecule has 0 bridgehead atoms. The van der Waals surface area contributed by atoms with E-state index in [0.29, 0.717) is 23.1 Å². The van der Waals surface area contributed by atoms with Crippen LogP contribution in [0.4, 0.5) is 10.1 Å². The molecule has 1 fully saturated rings. The molecule has 8 heteroatoms. The smallest absolute Gasteiger partial charge is 0.211 e. The van der Waals surface area contributed by atoms with Crippen molar-refractivity contribution >= 4 is 17.9 Å². The van der Waals surface area contributed by atoms with Crippen molar-refractivity contribution in [2.24, 2.45) is 16.1 Å². The second-order valence-electron chi connectivity index (χ2n) is 6.81. The van der Waals surface area contributed by atoms with Crippen molar-refractivity contribution in [3.63, 3.8) is 0 Å². The number of nitriles is 1. The Morgan fingerprint density at radius 1 is 1.34 bits per heavy atom. The minimum Gasteiger partial charge on any atom is -0.387 e. The topological polar surface area (TPSA) is 113 Å². The van der Waals surface area contributed by atoms with E-state index in [4.69, 9.17) is 15.7 Å². The van der Waals surface area contributed by atoms with Crippen LogP contribution < -0.4 is 11.1 Å². The van der Waals surface area contributed by atoms with Gasteiger partial charge < -0.3 is 15.8 Å². The molecule has 0 aliphatic carbocycles. The molecule has 1 saturated heterocycles. The monoisotopic (exact) mass is 439 g/mol. The zero-order valence-corrected chi connectivity index (χ0v) is 18.7. The van der Waals surface area contributed by atoms with Gasteiger partial charge in [0.05, 0.1) is 24.6 Å². The third-order valence-electron chi connectivity index (χ3n) is 4.52. The lowest BCUT2D eigenvalue weighted by Crippen LogP contribution is -2.44. The maximum atomic E-state index is 12.2. The number of amides is 1. The SMILES string of the molecule is C#C.CCC1(CC(N)=NC)COC1.Cc1ccc(C#N)cn1.O=CNc1ccc(F)cc1. The highest BCUT2D eigenvalue weighted by Crippen LogP contribution is 2.34. The molecule has 170 valence electrons. The molecule has 0 atom stereocenters. The molecule has 1 aromatic carbocycles. The van der Waals surface area contributed by atoms with Crippen LogP contribution in [0.2, 0.25) is 0 Å². The van der Waals surface area contributed by atoms with Crippen LogP contribution in [-0.4, -0.2) is 37.5 Å². The molecule has 0 unspecified atom stereocenters. The quantitative estimate of drug-likeness (QED) is 0.319. The van der Waals surface area contributed by atoms with Gasteiger partial charge in [0, 0.05) is 36.5 Å². The van der Waals surface area contributed by atoms with Gasteiger partial charge >= 0.3 is 0 Å². The fourth-order valence-corrected chi connectivity index (χ4v) is 2.43. The van der Waals surface area contributed by atoms with Crippen molar-refractivity contribution in [2.45, 2.75) is 26.7 Å². The van der Waals surface area contributed by atoms with E-state index in [1.807, 2.05) is 19.1 Å². The van der Waals surface area contributed by atoms with Crippen LogP contribution in [0.25, 0.3) is 0 Å². The molecule has 7 nitrogen and oxygen atoms in total. The molecular formula is C24H30FN5O2. The minimum absolute atomic E-state index is 0.309. The van der Waals surface area contributed by atoms with Gasteiger partial charge in [-0.2, -0.15) is 5.26 Å². The van der Waals surface area contributed by atoms with Crippen LogP contribution in [0.5, 0.6) is 0 Å². The number of benzene rings is 1. The van der Waals surface area contributed by atoms with E-state index in [1.165, 1.54) is 24.3 Å². The van der Waals surface area contributed by atoms with E-state index in [1.54, 1.807) is 19.3 Å². The summed E-state index contributed by atoms with van der Waals surface area (Å²) in [7, 11) is 1.73. The summed E-state index contributed by atoms with van der Waals surface area (Å²) in [6.45, 7) is 5.76. The van der Waals surface area contributed by atoms with Crippen molar-refractivity contribution in [3.05, 3.63) is 59.7 Å². The van der Waals surface area contributed by atoms with Crippen molar-refractivity contribution in [3.8, 4) is 18.9 Å². The number of nitrogens with one attached hydrogen (secondary N) is 1. The normalized spacial score (nSPS) is 13.1. The van der Waals surface area contributed by atoms with Crippen LogP contribution >= 0.6 is 0 Å². The van der Waals surface area contributed by atoms with Crippen LogP contribution in [-0.2, 0) is 9.53 Å². The summed E-state index contributed by atoms with van der Waals surface area (Å²) >= 11 is 0.